The van der Waals surface area contributed by atoms with E-state index in [1.165, 1.54) is 11.1 Å². The van der Waals surface area contributed by atoms with Crippen molar-refractivity contribution < 1.29 is 9.94 Å². The highest BCUT2D eigenvalue weighted by Gasteiger charge is 2.05. The van der Waals surface area contributed by atoms with Crippen molar-refractivity contribution in [2.24, 2.45) is 5.16 Å². The van der Waals surface area contributed by atoms with Gasteiger partial charge in [0.15, 0.2) is 0 Å². The highest BCUT2D eigenvalue weighted by atomic mass is 16.5. The molecule has 0 fully saturated rings. The number of rotatable bonds is 6. The van der Waals surface area contributed by atoms with Gasteiger partial charge in [-0.2, -0.15) is 0 Å². The summed E-state index contributed by atoms with van der Waals surface area (Å²) in [5.41, 5.74) is 4.29. The standard InChI is InChI=1S/C18H21NO2/c1-14-7-3-4-9-17(14)13-21-18-10-6-5-8-16(18)12-11-15(2)19-20/h3-10,20H,11-13H2,1-2H3/b19-15+. The number of hydrogen-bond donors (Lipinski definition) is 1. The van der Waals surface area contributed by atoms with Gasteiger partial charge in [-0.05, 0) is 49.4 Å². The Hall–Kier alpha value is -2.29. The van der Waals surface area contributed by atoms with Gasteiger partial charge in [-0.15, -0.1) is 0 Å². The number of nitrogens with zero attached hydrogens (tertiary/aromatic N) is 1. The third kappa shape index (κ3) is 4.35. The predicted molar refractivity (Wildman–Crippen MR) is 85.2 cm³/mol. The molecule has 0 amide bonds. The van der Waals surface area contributed by atoms with Gasteiger partial charge in [0.05, 0.1) is 5.71 Å². The van der Waals surface area contributed by atoms with E-state index in [0.29, 0.717) is 6.61 Å². The summed E-state index contributed by atoms with van der Waals surface area (Å²) in [6, 6.07) is 16.2. The largest absolute Gasteiger partial charge is 0.489 e. The fraction of sp³-hybridized carbons (Fsp3) is 0.278. The molecule has 0 saturated heterocycles. The Morgan fingerprint density at radius 3 is 2.43 bits per heavy atom. The van der Waals surface area contributed by atoms with E-state index >= 15 is 0 Å². The van der Waals surface area contributed by atoms with Crippen LogP contribution < -0.4 is 4.74 Å². The normalized spacial score (nSPS) is 11.4. The van der Waals surface area contributed by atoms with Gasteiger partial charge in [0, 0.05) is 0 Å². The molecule has 0 unspecified atom stereocenters. The molecule has 0 radical (unpaired) electrons. The maximum atomic E-state index is 8.72. The lowest BCUT2D eigenvalue weighted by Gasteiger charge is -2.12. The third-order valence-electron chi connectivity index (χ3n) is 3.54. The summed E-state index contributed by atoms with van der Waals surface area (Å²) in [5, 5.41) is 11.9. The van der Waals surface area contributed by atoms with E-state index in [9.17, 15) is 0 Å². The lowest BCUT2D eigenvalue weighted by atomic mass is 10.1. The van der Waals surface area contributed by atoms with Crippen molar-refractivity contribution >= 4 is 5.71 Å². The zero-order valence-corrected chi connectivity index (χ0v) is 12.5. The summed E-state index contributed by atoms with van der Waals surface area (Å²) < 4.78 is 5.97. The van der Waals surface area contributed by atoms with Crippen LogP contribution in [0.15, 0.2) is 53.7 Å². The van der Waals surface area contributed by atoms with Crippen molar-refractivity contribution in [2.75, 3.05) is 0 Å². The van der Waals surface area contributed by atoms with Crippen molar-refractivity contribution in [2.45, 2.75) is 33.3 Å². The first-order valence-electron chi connectivity index (χ1n) is 7.13. The van der Waals surface area contributed by atoms with Gasteiger partial charge in [0.1, 0.15) is 12.4 Å². The molecule has 2 aromatic rings. The lowest BCUT2D eigenvalue weighted by Crippen LogP contribution is -2.02. The van der Waals surface area contributed by atoms with Crippen LogP contribution in [0.5, 0.6) is 5.75 Å². The molecule has 0 atom stereocenters. The smallest absolute Gasteiger partial charge is 0.123 e. The third-order valence-corrected chi connectivity index (χ3v) is 3.54. The van der Waals surface area contributed by atoms with E-state index in [2.05, 4.69) is 30.3 Å². The van der Waals surface area contributed by atoms with E-state index in [4.69, 9.17) is 9.94 Å². The second-order valence-electron chi connectivity index (χ2n) is 5.16. The topological polar surface area (TPSA) is 41.8 Å². The molecule has 2 aromatic carbocycles. The summed E-state index contributed by atoms with van der Waals surface area (Å²) in [6.07, 6.45) is 1.53. The van der Waals surface area contributed by atoms with Crippen molar-refractivity contribution in [1.82, 2.24) is 0 Å². The molecular weight excluding hydrogens is 262 g/mol. The minimum absolute atomic E-state index is 0.566. The first kappa shape index (κ1) is 15.1. The zero-order chi connectivity index (χ0) is 15.1. The Balaban J connectivity index is 2.05. The van der Waals surface area contributed by atoms with Crippen LogP contribution in [0.4, 0.5) is 0 Å². The van der Waals surface area contributed by atoms with Crippen molar-refractivity contribution in [3.63, 3.8) is 0 Å². The number of aryl methyl sites for hydroxylation is 2. The van der Waals surface area contributed by atoms with Gasteiger partial charge in [-0.25, -0.2) is 0 Å². The van der Waals surface area contributed by atoms with E-state index in [1.54, 1.807) is 0 Å². The molecule has 21 heavy (non-hydrogen) atoms. The highest BCUT2D eigenvalue weighted by molar-refractivity contribution is 5.81. The molecule has 0 aliphatic rings. The molecule has 0 heterocycles. The summed E-state index contributed by atoms with van der Waals surface area (Å²) in [5.74, 6) is 0.895. The van der Waals surface area contributed by atoms with Gasteiger partial charge >= 0.3 is 0 Å². The maximum Gasteiger partial charge on any atom is 0.123 e. The molecule has 0 aliphatic heterocycles. The van der Waals surface area contributed by atoms with Crippen LogP contribution >= 0.6 is 0 Å². The van der Waals surface area contributed by atoms with Crippen LogP contribution in [-0.4, -0.2) is 10.9 Å². The Morgan fingerprint density at radius 2 is 1.71 bits per heavy atom. The Bertz CT molecular complexity index is 620. The van der Waals surface area contributed by atoms with Crippen LogP contribution in [0.3, 0.4) is 0 Å². The maximum absolute atomic E-state index is 8.72. The lowest BCUT2D eigenvalue weighted by molar-refractivity contribution is 0.302. The highest BCUT2D eigenvalue weighted by Crippen LogP contribution is 2.21. The van der Waals surface area contributed by atoms with E-state index in [1.807, 2.05) is 37.3 Å². The molecular formula is C18H21NO2. The zero-order valence-electron chi connectivity index (χ0n) is 12.5. The summed E-state index contributed by atoms with van der Waals surface area (Å²) in [6.45, 7) is 4.47. The van der Waals surface area contributed by atoms with Gasteiger partial charge < -0.3 is 9.94 Å². The molecule has 3 nitrogen and oxygen atoms in total. The van der Waals surface area contributed by atoms with Crippen LogP contribution in [0, 0.1) is 6.92 Å². The van der Waals surface area contributed by atoms with Gasteiger partial charge in [-0.3, -0.25) is 0 Å². The molecule has 0 bridgehead atoms. The first-order chi connectivity index (χ1) is 10.2. The average molecular weight is 283 g/mol. The molecule has 3 heteroatoms. The molecule has 0 spiro atoms. The summed E-state index contributed by atoms with van der Waals surface area (Å²) in [7, 11) is 0. The van der Waals surface area contributed by atoms with Gasteiger partial charge in [-0.1, -0.05) is 47.6 Å². The van der Waals surface area contributed by atoms with Crippen LogP contribution in [0.25, 0.3) is 0 Å². The van der Waals surface area contributed by atoms with Crippen molar-refractivity contribution in [1.29, 1.82) is 0 Å². The second kappa shape index (κ2) is 7.48. The molecule has 2 rings (SSSR count). The molecule has 1 N–H and O–H groups in total. The Morgan fingerprint density at radius 1 is 1.05 bits per heavy atom. The quantitative estimate of drug-likeness (QED) is 0.486. The van der Waals surface area contributed by atoms with Crippen LogP contribution in [0.2, 0.25) is 0 Å². The second-order valence-corrected chi connectivity index (χ2v) is 5.16. The van der Waals surface area contributed by atoms with Gasteiger partial charge in [0.2, 0.25) is 0 Å². The monoisotopic (exact) mass is 283 g/mol. The fourth-order valence-corrected chi connectivity index (χ4v) is 2.14. The number of para-hydroxylation sites is 1. The molecule has 110 valence electrons. The number of benzene rings is 2. The van der Waals surface area contributed by atoms with Crippen molar-refractivity contribution in [3.8, 4) is 5.75 Å². The van der Waals surface area contributed by atoms with Crippen LogP contribution in [0.1, 0.15) is 30.0 Å². The fourth-order valence-electron chi connectivity index (χ4n) is 2.14. The SMILES string of the molecule is C/C(CCc1ccccc1OCc1ccccc1C)=N\O. The molecule has 0 saturated carbocycles. The minimum Gasteiger partial charge on any atom is -0.489 e. The summed E-state index contributed by atoms with van der Waals surface area (Å²) >= 11 is 0. The number of oxime groups is 1. The van der Waals surface area contributed by atoms with E-state index < -0.39 is 0 Å². The molecule has 0 aliphatic carbocycles. The Labute approximate surface area is 125 Å². The molecule has 0 aromatic heterocycles. The number of ether oxygens (including phenoxy) is 1. The average Bonchev–Trinajstić information content (AvgIpc) is 2.52. The van der Waals surface area contributed by atoms with E-state index in [0.717, 1.165) is 29.9 Å². The minimum atomic E-state index is 0.566. The Kier molecular flexibility index (Phi) is 5.38. The predicted octanol–water partition coefficient (Wildman–Crippen LogP) is 4.36. The van der Waals surface area contributed by atoms with Crippen LogP contribution in [-0.2, 0) is 13.0 Å². The first-order valence-corrected chi connectivity index (χ1v) is 7.13. The summed E-state index contributed by atoms with van der Waals surface area (Å²) in [4.78, 5) is 0. The number of hydrogen-bond acceptors (Lipinski definition) is 3. The van der Waals surface area contributed by atoms with Gasteiger partial charge in [0.25, 0.3) is 0 Å². The van der Waals surface area contributed by atoms with E-state index in [-0.39, 0.29) is 0 Å². The van der Waals surface area contributed by atoms with Crippen molar-refractivity contribution in [3.05, 3.63) is 65.2 Å².